The van der Waals surface area contributed by atoms with Crippen LogP contribution in [0.4, 0.5) is 0 Å². The highest BCUT2D eigenvalue weighted by atomic mass is 32.2. The second kappa shape index (κ2) is 7.03. The summed E-state index contributed by atoms with van der Waals surface area (Å²) >= 11 is 0. The van der Waals surface area contributed by atoms with Crippen LogP contribution in [0.1, 0.15) is 25.5 Å². The van der Waals surface area contributed by atoms with Gasteiger partial charge in [-0.15, -0.1) is 0 Å². The zero-order valence-corrected chi connectivity index (χ0v) is 12.8. The first-order valence-corrected chi connectivity index (χ1v) is 8.26. The molecule has 1 N–H and O–H groups in total. The Kier molecular flexibility index (Phi) is 5.97. The Labute approximate surface area is 116 Å². The molecule has 0 aromatic heterocycles. The number of methoxy groups -OCH3 is 1. The Hall–Kier alpha value is -0.910. The number of hydrogen-bond acceptors (Lipinski definition) is 4. The van der Waals surface area contributed by atoms with Crippen molar-refractivity contribution in [3.05, 3.63) is 29.8 Å². The molecule has 1 rings (SSSR count). The van der Waals surface area contributed by atoms with Gasteiger partial charge in [0, 0.05) is 32.6 Å². The summed E-state index contributed by atoms with van der Waals surface area (Å²) in [6.45, 7) is 5.78. The van der Waals surface area contributed by atoms with Gasteiger partial charge in [0.15, 0.2) is 9.84 Å². The molecule has 1 aromatic carbocycles. The smallest absolute Gasteiger partial charge is 0.175 e. The number of nitrogens with one attached hydrogen (secondary N) is 1. The number of benzene rings is 1. The first-order chi connectivity index (χ1) is 8.84. The Morgan fingerprint density at radius 3 is 2.26 bits per heavy atom. The van der Waals surface area contributed by atoms with E-state index in [1.165, 1.54) is 6.26 Å². The lowest BCUT2D eigenvalue weighted by Gasteiger charge is -2.18. The lowest BCUT2D eigenvalue weighted by Crippen LogP contribution is -2.26. The van der Waals surface area contributed by atoms with E-state index < -0.39 is 9.84 Å². The Balaban J connectivity index is 2.61. The standard InChI is InChI=1S/C14H23NO3S/c1-11(10-18-3)9-15-12(2)13-5-7-14(8-6-13)19(4,16)17/h5-8,11-12,15H,9-10H2,1-4H3. The zero-order chi connectivity index (χ0) is 14.5. The van der Waals surface area contributed by atoms with Gasteiger partial charge in [0.05, 0.1) is 4.90 Å². The third kappa shape index (κ3) is 5.30. The van der Waals surface area contributed by atoms with Crippen LogP contribution in [0.3, 0.4) is 0 Å². The number of sulfone groups is 1. The van der Waals surface area contributed by atoms with Crippen molar-refractivity contribution in [1.82, 2.24) is 5.32 Å². The first kappa shape index (κ1) is 16.1. The molecule has 2 atom stereocenters. The van der Waals surface area contributed by atoms with Crippen LogP contribution in [0, 0.1) is 5.92 Å². The highest BCUT2D eigenvalue weighted by Gasteiger charge is 2.10. The second-order valence-electron chi connectivity index (χ2n) is 5.03. The van der Waals surface area contributed by atoms with Crippen molar-refractivity contribution in [2.24, 2.45) is 5.92 Å². The Morgan fingerprint density at radius 2 is 1.79 bits per heavy atom. The van der Waals surface area contributed by atoms with Crippen molar-refractivity contribution in [3.8, 4) is 0 Å². The van der Waals surface area contributed by atoms with E-state index in [9.17, 15) is 8.42 Å². The lowest BCUT2D eigenvalue weighted by molar-refractivity contribution is 0.157. The predicted octanol–water partition coefficient (Wildman–Crippen LogP) is 2.02. The lowest BCUT2D eigenvalue weighted by atomic mass is 10.1. The monoisotopic (exact) mass is 285 g/mol. The summed E-state index contributed by atoms with van der Waals surface area (Å²) in [6, 6.07) is 7.21. The SMILES string of the molecule is COCC(C)CNC(C)c1ccc(S(C)(=O)=O)cc1. The fraction of sp³-hybridized carbons (Fsp3) is 0.571. The molecule has 0 spiro atoms. The van der Waals surface area contributed by atoms with E-state index in [2.05, 4.69) is 19.2 Å². The third-order valence-corrected chi connectivity index (χ3v) is 4.16. The van der Waals surface area contributed by atoms with Gasteiger partial charge in [-0.25, -0.2) is 8.42 Å². The van der Waals surface area contributed by atoms with Gasteiger partial charge in [-0.3, -0.25) is 0 Å². The van der Waals surface area contributed by atoms with E-state index in [-0.39, 0.29) is 6.04 Å². The molecule has 1 aromatic rings. The summed E-state index contributed by atoms with van der Waals surface area (Å²) in [7, 11) is -1.42. The summed E-state index contributed by atoms with van der Waals surface area (Å²) in [5.41, 5.74) is 1.08. The van der Waals surface area contributed by atoms with Crippen LogP contribution in [0.25, 0.3) is 0 Å². The quantitative estimate of drug-likeness (QED) is 0.833. The molecule has 0 aliphatic rings. The van der Waals surface area contributed by atoms with Gasteiger partial charge in [0.2, 0.25) is 0 Å². The molecule has 0 bridgehead atoms. The maximum absolute atomic E-state index is 11.4. The van der Waals surface area contributed by atoms with Crippen molar-refractivity contribution >= 4 is 9.84 Å². The average Bonchev–Trinajstić information content (AvgIpc) is 2.35. The molecule has 0 saturated carbocycles. The minimum absolute atomic E-state index is 0.188. The third-order valence-electron chi connectivity index (χ3n) is 3.03. The molecule has 5 heteroatoms. The van der Waals surface area contributed by atoms with Crippen LogP contribution in [0.2, 0.25) is 0 Å². The van der Waals surface area contributed by atoms with E-state index in [0.717, 1.165) is 18.7 Å². The largest absolute Gasteiger partial charge is 0.384 e. The molecule has 19 heavy (non-hydrogen) atoms. The summed E-state index contributed by atoms with van der Waals surface area (Å²) in [6.07, 6.45) is 1.22. The van der Waals surface area contributed by atoms with Crippen molar-refractivity contribution in [2.75, 3.05) is 26.5 Å². The number of rotatable bonds is 7. The molecule has 0 amide bonds. The Morgan fingerprint density at radius 1 is 1.21 bits per heavy atom. The minimum atomic E-state index is -3.12. The van der Waals surface area contributed by atoms with Crippen LogP contribution in [0.5, 0.6) is 0 Å². The highest BCUT2D eigenvalue weighted by molar-refractivity contribution is 7.90. The van der Waals surface area contributed by atoms with Gasteiger partial charge in [0.25, 0.3) is 0 Å². The van der Waals surface area contributed by atoms with Crippen molar-refractivity contribution in [1.29, 1.82) is 0 Å². The van der Waals surface area contributed by atoms with Gasteiger partial charge in [-0.1, -0.05) is 19.1 Å². The summed E-state index contributed by atoms with van der Waals surface area (Å²) in [4.78, 5) is 0.358. The number of hydrogen-bond donors (Lipinski definition) is 1. The fourth-order valence-corrected chi connectivity index (χ4v) is 2.47. The molecule has 0 fully saturated rings. The zero-order valence-electron chi connectivity index (χ0n) is 12.0. The molecule has 0 aliphatic heterocycles. The summed E-state index contributed by atoms with van der Waals surface area (Å²) < 4.78 is 27.8. The van der Waals surface area contributed by atoms with E-state index >= 15 is 0 Å². The van der Waals surface area contributed by atoms with E-state index in [0.29, 0.717) is 10.8 Å². The normalized spacial score (nSPS) is 15.2. The van der Waals surface area contributed by atoms with Gasteiger partial charge in [-0.2, -0.15) is 0 Å². The van der Waals surface area contributed by atoms with Crippen molar-refractivity contribution in [3.63, 3.8) is 0 Å². The van der Waals surface area contributed by atoms with Gasteiger partial charge < -0.3 is 10.1 Å². The molecular formula is C14H23NO3S. The predicted molar refractivity (Wildman–Crippen MR) is 77.0 cm³/mol. The second-order valence-corrected chi connectivity index (χ2v) is 7.05. The Bertz CT molecular complexity index is 482. The molecule has 0 radical (unpaired) electrons. The molecule has 4 nitrogen and oxygen atoms in total. The highest BCUT2D eigenvalue weighted by Crippen LogP contribution is 2.16. The van der Waals surface area contributed by atoms with Crippen molar-refractivity contribution < 1.29 is 13.2 Å². The summed E-state index contributed by atoms with van der Waals surface area (Å²) in [5.74, 6) is 0.447. The van der Waals surface area contributed by atoms with E-state index in [1.54, 1.807) is 19.2 Å². The molecule has 0 heterocycles. The maximum Gasteiger partial charge on any atom is 0.175 e. The topological polar surface area (TPSA) is 55.4 Å². The van der Waals surface area contributed by atoms with Crippen LogP contribution < -0.4 is 5.32 Å². The first-order valence-electron chi connectivity index (χ1n) is 6.37. The van der Waals surface area contributed by atoms with Crippen LogP contribution in [0.15, 0.2) is 29.2 Å². The molecule has 2 unspecified atom stereocenters. The molecule has 0 saturated heterocycles. The van der Waals surface area contributed by atoms with E-state index in [1.807, 2.05) is 12.1 Å². The minimum Gasteiger partial charge on any atom is -0.384 e. The van der Waals surface area contributed by atoms with Crippen LogP contribution in [-0.4, -0.2) is 34.9 Å². The van der Waals surface area contributed by atoms with Crippen molar-refractivity contribution in [2.45, 2.75) is 24.8 Å². The molecule has 0 aliphatic carbocycles. The average molecular weight is 285 g/mol. The van der Waals surface area contributed by atoms with Crippen LogP contribution in [-0.2, 0) is 14.6 Å². The van der Waals surface area contributed by atoms with Gasteiger partial charge >= 0.3 is 0 Å². The summed E-state index contributed by atoms with van der Waals surface area (Å²) in [5, 5.41) is 3.41. The molecule has 108 valence electrons. The maximum atomic E-state index is 11.4. The van der Waals surface area contributed by atoms with E-state index in [4.69, 9.17) is 4.74 Å². The number of ether oxygens (including phenoxy) is 1. The fourth-order valence-electron chi connectivity index (χ4n) is 1.84. The molecular weight excluding hydrogens is 262 g/mol. The van der Waals surface area contributed by atoms with Crippen LogP contribution >= 0.6 is 0 Å². The van der Waals surface area contributed by atoms with Gasteiger partial charge in [-0.05, 0) is 30.5 Å². The van der Waals surface area contributed by atoms with Gasteiger partial charge in [0.1, 0.15) is 0 Å².